The Morgan fingerprint density at radius 1 is 0.893 bits per heavy atom. The number of hydrogen-bond donors (Lipinski definition) is 0. The van der Waals surface area contributed by atoms with Crippen LogP contribution in [0, 0.1) is 5.92 Å². The van der Waals surface area contributed by atoms with Gasteiger partial charge in [-0.05, 0) is 88.2 Å². The molecule has 3 heterocycles. The molecule has 0 saturated carbocycles. The summed E-state index contributed by atoms with van der Waals surface area (Å²) in [4.78, 5) is 19.6. The summed E-state index contributed by atoms with van der Waals surface area (Å²) in [6, 6.07) is 8.98. The standard InChI is InChI=1S/C23H34ClN3O/c24-20-4-6-21(7-5-20)26-17-11-22(12-18-26)25-15-9-19(10-16-25)3-8-23(28)27-13-1-2-14-27/h4-7,19,22H,1-3,8-18H2. The Morgan fingerprint density at radius 3 is 2.18 bits per heavy atom. The van der Waals surface area contributed by atoms with Crippen LogP contribution in [0.1, 0.15) is 51.4 Å². The van der Waals surface area contributed by atoms with Gasteiger partial charge >= 0.3 is 0 Å². The Hall–Kier alpha value is -1.26. The highest BCUT2D eigenvalue weighted by Gasteiger charge is 2.29. The highest BCUT2D eigenvalue weighted by Crippen LogP contribution is 2.28. The summed E-state index contributed by atoms with van der Waals surface area (Å²) in [5.74, 6) is 1.14. The number of rotatable bonds is 5. The zero-order chi connectivity index (χ0) is 19.3. The van der Waals surface area contributed by atoms with Crippen LogP contribution in [0.3, 0.4) is 0 Å². The van der Waals surface area contributed by atoms with Crippen LogP contribution < -0.4 is 4.90 Å². The average Bonchev–Trinajstić information content (AvgIpc) is 3.28. The maximum Gasteiger partial charge on any atom is 0.222 e. The van der Waals surface area contributed by atoms with E-state index in [2.05, 4.69) is 26.8 Å². The molecule has 0 unspecified atom stereocenters. The number of hydrogen-bond acceptors (Lipinski definition) is 3. The first-order chi connectivity index (χ1) is 13.7. The molecule has 0 aliphatic carbocycles. The molecule has 3 saturated heterocycles. The fraction of sp³-hybridized carbons (Fsp3) is 0.696. The lowest BCUT2D eigenvalue weighted by molar-refractivity contribution is -0.130. The Kier molecular flexibility index (Phi) is 6.79. The molecule has 28 heavy (non-hydrogen) atoms. The molecular weight excluding hydrogens is 370 g/mol. The van der Waals surface area contributed by atoms with Crippen LogP contribution in [-0.2, 0) is 4.79 Å². The number of carbonyl (C=O) groups excluding carboxylic acids is 1. The molecule has 4 rings (SSSR count). The number of likely N-dealkylation sites (tertiary alicyclic amines) is 2. The van der Waals surface area contributed by atoms with Crippen LogP contribution >= 0.6 is 11.6 Å². The van der Waals surface area contributed by atoms with Gasteiger partial charge in [-0.25, -0.2) is 0 Å². The van der Waals surface area contributed by atoms with Gasteiger partial charge in [-0.2, -0.15) is 0 Å². The number of halogens is 1. The number of amides is 1. The second-order valence-corrected chi connectivity index (χ2v) is 9.24. The van der Waals surface area contributed by atoms with Crippen molar-refractivity contribution in [2.24, 2.45) is 5.92 Å². The average molecular weight is 404 g/mol. The summed E-state index contributed by atoms with van der Waals surface area (Å²) in [5.41, 5.74) is 1.30. The van der Waals surface area contributed by atoms with E-state index in [0.717, 1.165) is 56.0 Å². The Morgan fingerprint density at radius 2 is 1.54 bits per heavy atom. The zero-order valence-corrected chi connectivity index (χ0v) is 17.7. The van der Waals surface area contributed by atoms with Crippen molar-refractivity contribution in [3.63, 3.8) is 0 Å². The fourth-order valence-corrected chi connectivity index (χ4v) is 5.33. The SMILES string of the molecule is O=C(CCC1CCN(C2CCN(c3ccc(Cl)cc3)CC2)CC1)N1CCCC1. The molecule has 1 amide bonds. The Balaban J connectivity index is 1.16. The van der Waals surface area contributed by atoms with Gasteiger partial charge in [-0.15, -0.1) is 0 Å². The number of anilines is 1. The summed E-state index contributed by atoms with van der Waals surface area (Å²) in [7, 11) is 0. The summed E-state index contributed by atoms with van der Waals surface area (Å²) >= 11 is 6.01. The minimum atomic E-state index is 0.398. The van der Waals surface area contributed by atoms with Gasteiger partial charge in [0.2, 0.25) is 5.91 Å². The largest absolute Gasteiger partial charge is 0.371 e. The molecule has 0 bridgehead atoms. The van der Waals surface area contributed by atoms with E-state index in [9.17, 15) is 4.79 Å². The first kappa shape index (κ1) is 20.0. The smallest absolute Gasteiger partial charge is 0.222 e. The van der Waals surface area contributed by atoms with Crippen LogP contribution in [0.4, 0.5) is 5.69 Å². The lowest BCUT2D eigenvalue weighted by Gasteiger charge is -2.42. The normalized spacial score (nSPS) is 22.8. The monoisotopic (exact) mass is 403 g/mol. The molecule has 4 nitrogen and oxygen atoms in total. The van der Waals surface area contributed by atoms with Crippen molar-refractivity contribution in [1.29, 1.82) is 0 Å². The van der Waals surface area contributed by atoms with Crippen LogP contribution in [0.15, 0.2) is 24.3 Å². The molecule has 0 atom stereocenters. The van der Waals surface area contributed by atoms with Gasteiger partial charge in [0.1, 0.15) is 0 Å². The molecule has 154 valence electrons. The summed E-state index contributed by atoms with van der Waals surface area (Å²) in [6.07, 6.45) is 9.29. The highest BCUT2D eigenvalue weighted by molar-refractivity contribution is 6.30. The van der Waals surface area contributed by atoms with Crippen LogP contribution in [0.25, 0.3) is 0 Å². The van der Waals surface area contributed by atoms with Crippen LogP contribution in [-0.4, -0.2) is 61.0 Å². The fourth-order valence-electron chi connectivity index (χ4n) is 5.20. The number of benzene rings is 1. The lowest BCUT2D eigenvalue weighted by atomic mass is 9.90. The van der Waals surface area contributed by atoms with Gasteiger partial charge < -0.3 is 14.7 Å². The van der Waals surface area contributed by atoms with Crippen molar-refractivity contribution in [3.05, 3.63) is 29.3 Å². The molecule has 0 spiro atoms. The molecule has 0 aromatic heterocycles. The number of carbonyl (C=O) groups is 1. The van der Waals surface area contributed by atoms with E-state index in [4.69, 9.17) is 11.6 Å². The summed E-state index contributed by atoms with van der Waals surface area (Å²) < 4.78 is 0. The topological polar surface area (TPSA) is 26.8 Å². The third kappa shape index (κ3) is 5.01. The van der Waals surface area contributed by atoms with Crippen molar-refractivity contribution in [3.8, 4) is 0 Å². The van der Waals surface area contributed by atoms with E-state index in [1.54, 1.807) is 0 Å². The number of nitrogens with zero attached hydrogens (tertiary/aromatic N) is 3. The maximum atomic E-state index is 12.3. The lowest BCUT2D eigenvalue weighted by Crippen LogP contribution is -2.47. The molecule has 3 aliphatic heterocycles. The van der Waals surface area contributed by atoms with Crippen molar-refractivity contribution in [2.45, 2.75) is 57.4 Å². The third-order valence-electron chi connectivity index (χ3n) is 7.05. The van der Waals surface area contributed by atoms with E-state index in [1.807, 2.05) is 12.1 Å². The molecule has 3 fully saturated rings. The van der Waals surface area contributed by atoms with Crippen molar-refractivity contribution in [2.75, 3.05) is 44.2 Å². The van der Waals surface area contributed by atoms with E-state index < -0.39 is 0 Å². The Labute approximate surface area is 174 Å². The molecule has 0 radical (unpaired) electrons. The van der Waals surface area contributed by atoms with Crippen LogP contribution in [0.2, 0.25) is 5.02 Å². The molecule has 3 aliphatic rings. The predicted octanol–water partition coefficient (Wildman–Crippen LogP) is 4.42. The minimum Gasteiger partial charge on any atom is -0.371 e. The quantitative estimate of drug-likeness (QED) is 0.727. The highest BCUT2D eigenvalue weighted by atomic mass is 35.5. The van der Waals surface area contributed by atoms with Gasteiger partial charge in [-0.3, -0.25) is 4.79 Å². The van der Waals surface area contributed by atoms with Gasteiger partial charge in [-0.1, -0.05) is 11.6 Å². The predicted molar refractivity (Wildman–Crippen MR) is 116 cm³/mol. The zero-order valence-electron chi connectivity index (χ0n) is 17.0. The van der Waals surface area contributed by atoms with Crippen LogP contribution in [0.5, 0.6) is 0 Å². The summed E-state index contributed by atoms with van der Waals surface area (Å²) in [6.45, 7) is 6.69. The molecule has 0 N–H and O–H groups in total. The van der Waals surface area contributed by atoms with Gasteiger partial charge in [0.25, 0.3) is 0 Å². The molecule has 1 aromatic carbocycles. The van der Waals surface area contributed by atoms with Crippen molar-refractivity contribution < 1.29 is 4.79 Å². The van der Waals surface area contributed by atoms with Gasteiger partial charge in [0, 0.05) is 49.4 Å². The van der Waals surface area contributed by atoms with Crippen molar-refractivity contribution >= 4 is 23.2 Å². The second kappa shape index (κ2) is 9.49. The minimum absolute atomic E-state index is 0.398. The molecule has 1 aromatic rings. The van der Waals surface area contributed by atoms with Crippen molar-refractivity contribution in [1.82, 2.24) is 9.80 Å². The maximum absolute atomic E-state index is 12.3. The van der Waals surface area contributed by atoms with E-state index in [1.165, 1.54) is 57.3 Å². The second-order valence-electron chi connectivity index (χ2n) is 8.80. The first-order valence-corrected chi connectivity index (χ1v) is 11.6. The van der Waals surface area contributed by atoms with Gasteiger partial charge in [0.05, 0.1) is 0 Å². The summed E-state index contributed by atoms with van der Waals surface area (Å²) in [5, 5.41) is 0.809. The molecular formula is C23H34ClN3O. The van der Waals surface area contributed by atoms with E-state index in [0.29, 0.717) is 5.91 Å². The molecule has 5 heteroatoms. The first-order valence-electron chi connectivity index (χ1n) is 11.2. The Bertz CT molecular complexity index is 628. The van der Waals surface area contributed by atoms with E-state index in [-0.39, 0.29) is 0 Å². The van der Waals surface area contributed by atoms with E-state index >= 15 is 0 Å². The third-order valence-corrected chi connectivity index (χ3v) is 7.30. The number of piperidine rings is 2. The van der Waals surface area contributed by atoms with Gasteiger partial charge in [0.15, 0.2) is 0 Å².